The molecule has 3 aliphatic rings. The van der Waals surface area contributed by atoms with E-state index in [4.69, 9.17) is 9.47 Å². The van der Waals surface area contributed by atoms with Gasteiger partial charge in [0.2, 0.25) is 21.8 Å². The highest BCUT2D eigenvalue weighted by atomic mass is 32.2. The van der Waals surface area contributed by atoms with Crippen LogP contribution in [-0.2, 0) is 29.1 Å². The third-order valence-electron chi connectivity index (χ3n) is 8.49. The third kappa shape index (κ3) is 7.37. The largest absolute Gasteiger partial charge is 0.458 e. The zero-order valence-corrected chi connectivity index (χ0v) is 27.5. The Balaban J connectivity index is 1.41. The number of hydrogen-bond acceptors (Lipinski definition) is 11. The zero-order valence-electron chi connectivity index (χ0n) is 26.6. The number of alkyl carbamates (subject to hydrolysis) is 1. The molecule has 15 nitrogen and oxygen atoms in total. The molecule has 4 amide bonds. The van der Waals surface area contributed by atoms with Crippen molar-refractivity contribution in [2.24, 2.45) is 11.3 Å². The molecule has 1 aliphatic heterocycles. The summed E-state index contributed by atoms with van der Waals surface area (Å²) in [6, 6.07) is 4.77. The molecule has 5 atom stereocenters. The number of carbonyl (C=O) groups is 4. The minimum Gasteiger partial charge on any atom is -0.458 e. The van der Waals surface area contributed by atoms with Gasteiger partial charge in [0.15, 0.2) is 0 Å². The molecule has 2 aromatic heterocycles. The third-order valence-corrected chi connectivity index (χ3v) is 10.3. The summed E-state index contributed by atoms with van der Waals surface area (Å²) in [5, 5.41) is 4.66. The Labute approximate surface area is 273 Å². The predicted octanol–water partition coefficient (Wildman–Crippen LogP) is 1.33. The van der Waals surface area contributed by atoms with E-state index in [9.17, 15) is 27.6 Å². The summed E-state index contributed by atoms with van der Waals surface area (Å²) in [4.78, 5) is 67.9. The summed E-state index contributed by atoms with van der Waals surface area (Å²) >= 11 is 0. The highest BCUT2D eigenvalue weighted by Gasteiger charge is 2.62. The van der Waals surface area contributed by atoms with Gasteiger partial charge in [0.05, 0.1) is 30.3 Å². The van der Waals surface area contributed by atoms with Gasteiger partial charge in [0, 0.05) is 24.7 Å². The Kier molecular flexibility index (Phi) is 9.26. The molecule has 2 aromatic rings. The lowest BCUT2D eigenvalue weighted by Crippen LogP contribution is -2.60. The van der Waals surface area contributed by atoms with Crippen molar-refractivity contribution in [3.8, 4) is 17.4 Å². The van der Waals surface area contributed by atoms with Gasteiger partial charge in [0.25, 0.3) is 5.91 Å². The lowest BCUT2D eigenvalue weighted by atomic mass is 9.85. The van der Waals surface area contributed by atoms with Gasteiger partial charge in [-0.25, -0.2) is 18.2 Å². The van der Waals surface area contributed by atoms with E-state index < -0.39 is 74.1 Å². The average Bonchev–Trinajstić information content (AvgIpc) is 3.96. The summed E-state index contributed by atoms with van der Waals surface area (Å²) in [7, 11) is -2.71. The van der Waals surface area contributed by atoms with Crippen LogP contribution in [0.2, 0.25) is 0 Å². The maximum absolute atomic E-state index is 14.1. The van der Waals surface area contributed by atoms with Gasteiger partial charge < -0.3 is 25.0 Å². The monoisotopic (exact) mass is 669 g/mol. The molecule has 3 fully saturated rings. The van der Waals surface area contributed by atoms with E-state index in [1.807, 2.05) is 6.07 Å². The van der Waals surface area contributed by atoms with Crippen LogP contribution < -0.4 is 20.1 Å². The minimum atomic E-state index is -3.89. The quantitative estimate of drug-likeness (QED) is 0.292. The number of rotatable bonds is 11. The molecular weight excluding hydrogens is 630 g/mol. The number of hydrogen-bond donors (Lipinski definition) is 3. The van der Waals surface area contributed by atoms with E-state index in [0.29, 0.717) is 24.2 Å². The Hall–Kier alpha value is -4.60. The van der Waals surface area contributed by atoms with Crippen molar-refractivity contribution in [3.05, 3.63) is 49.3 Å². The van der Waals surface area contributed by atoms with E-state index in [2.05, 4.69) is 36.9 Å². The van der Waals surface area contributed by atoms with Gasteiger partial charge in [-0.15, -0.1) is 6.58 Å². The number of nitrogens with one attached hydrogen (secondary N) is 3. The number of likely N-dealkylation sites (tertiary alicyclic amines) is 1. The molecule has 0 bridgehead atoms. The van der Waals surface area contributed by atoms with Gasteiger partial charge in [-0.1, -0.05) is 32.9 Å². The van der Waals surface area contributed by atoms with Crippen LogP contribution in [0.25, 0.3) is 11.4 Å². The van der Waals surface area contributed by atoms with Crippen LogP contribution in [0, 0.1) is 11.3 Å². The van der Waals surface area contributed by atoms with Crippen LogP contribution in [0.3, 0.4) is 0 Å². The highest BCUT2D eigenvalue weighted by Crippen LogP contribution is 2.45. The molecule has 0 spiro atoms. The summed E-state index contributed by atoms with van der Waals surface area (Å²) in [5.74, 6) is -2.65. The van der Waals surface area contributed by atoms with E-state index in [1.165, 1.54) is 24.3 Å². The molecule has 0 aromatic carbocycles. The van der Waals surface area contributed by atoms with Crippen molar-refractivity contribution in [3.63, 3.8) is 0 Å². The van der Waals surface area contributed by atoms with Crippen molar-refractivity contribution in [2.75, 3.05) is 13.7 Å². The fourth-order valence-corrected chi connectivity index (χ4v) is 6.95. The summed E-state index contributed by atoms with van der Waals surface area (Å²) < 4.78 is 38.1. The standard InChI is InChI=1S/C31H39N7O8S/c1-6-18-16-31(18,27(41)37-47(43,44)20-10-11-20)36-25(39)23-15-19(17-38(23)26(40)24(30(2,3)4)35-29(42)45-5)46-28-33-14-12-22(34-28)21-9-7-8-13-32-21/h6-9,12-14,18-20,23-24H,1,10-11,15-17H2,2-5H3,(H,35,42)(H,36,39)(H,37,41)/t18?,19-,23+,24-,31-/m1/s1. The number of sulfonamides is 1. The molecule has 2 saturated carbocycles. The molecule has 3 N–H and O–H groups in total. The number of aromatic nitrogens is 3. The maximum Gasteiger partial charge on any atom is 0.407 e. The second kappa shape index (κ2) is 12.9. The maximum atomic E-state index is 14.1. The lowest BCUT2D eigenvalue weighted by Gasteiger charge is -2.35. The fourth-order valence-electron chi connectivity index (χ4n) is 5.59. The first-order chi connectivity index (χ1) is 22.2. The molecule has 252 valence electrons. The first kappa shape index (κ1) is 33.8. The highest BCUT2D eigenvalue weighted by molar-refractivity contribution is 7.91. The molecule has 5 rings (SSSR count). The fraction of sp³-hybridized carbons (Fsp3) is 0.516. The summed E-state index contributed by atoms with van der Waals surface area (Å²) in [6.45, 7) is 8.90. The number of ether oxygens (including phenoxy) is 2. The molecule has 0 radical (unpaired) electrons. The van der Waals surface area contributed by atoms with Crippen molar-refractivity contribution in [1.82, 2.24) is 35.2 Å². The SMILES string of the molecule is C=CC1C[C@]1(NC(=O)[C@@H]1C[C@@H](Oc2nccc(-c3ccccn3)n2)CN1C(=O)[C@@H](NC(=O)OC)C(C)(C)C)C(=O)NS(=O)(=O)C1CC1. The number of carbonyl (C=O) groups excluding carboxylic acids is 4. The average molecular weight is 670 g/mol. The van der Waals surface area contributed by atoms with Crippen LogP contribution >= 0.6 is 0 Å². The van der Waals surface area contributed by atoms with Crippen LogP contribution in [0.5, 0.6) is 6.01 Å². The molecule has 16 heteroatoms. The van der Waals surface area contributed by atoms with E-state index >= 15 is 0 Å². The van der Waals surface area contributed by atoms with Gasteiger partial charge in [-0.05, 0) is 42.9 Å². The smallest absolute Gasteiger partial charge is 0.407 e. The van der Waals surface area contributed by atoms with Gasteiger partial charge in [-0.3, -0.25) is 24.1 Å². The normalized spacial score (nSPS) is 24.4. The van der Waals surface area contributed by atoms with Crippen LogP contribution in [-0.4, -0.2) is 94.7 Å². The molecule has 3 heterocycles. The predicted molar refractivity (Wildman–Crippen MR) is 168 cm³/mol. The summed E-state index contributed by atoms with van der Waals surface area (Å²) in [5.41, 5.74) is -1.25. The second-order valence-electron chi connectivity index (χ2n) is 13.0. The Bertz CT molecular complexity index is 1660. The number of nitrogens with zero attached hydrogens (tertiary/aromatic N) is 4. The number of amides is 4. The first-order valence-electron chi connectivity index (χ1n) is 15.2. The van der Waals surface area contributed by atoms with Crippen LogP contribution in [0.1, 0.15) is 46.5 Å². The zero-order chi connectivity index (χ0) is 34.1. The minimum absolute atomic E-state index is 0.00159. The molecule has 1 unspecified atom stereocenters. The Morgan fingerprint density at radius 1 is 1.11 bits per heavy atom. The van der Waals surface area contributed by atoms with Crippen molar-refractivity contribution < 1.29 is 37.1 Å². The molecular formula is C31H39N7O8S. The number of methoxy groups -OCH3 is 1. The second-order valence-corrected chi connectivity index (χ2v) is 15.0. The molecule has 2 aliphatic carbocycles. The van der Waals surface area contributed by atoms with Crippen molar-refractivity contribution >= 4 is 33.8 Å². The Morgan fingerprint density at radius 3 is 2.45 bits per heavy atom. The molecule has 47 heavy (non-hydrogen) atoms. The first-order valence-corrected chi connectivity index (χ1v) is 16.8. The Morgan fingerprint density at radius 2 is 1.85 bits per heavy atom. The van der Waals surface area contributed by atoms with Crippen molar-refractivity contribution in [1.29, 1.82) is 0 Å². The van der Waals surface area contributed by atoms with Crippen LogP contribution in [0.4, 0.5) is 4.79 Å². The topological polar surface area (TPSA) is 199 Å². The van der Waals surface area contributed by atoms with Gasteiger partial charge in [-0.2, -0.15) is 4.98 Å². The lowest BCUT2D eigenvalue weighted by molar-refractivity contribution is -0.142. The van der Waals surface area contributed by atoms with E-state index in [0.717, 1.165) is 0 Å². The van der Waals surface area contributed by atoms with Gasteiger partial charge in [0.1, 0.15) is 23.7 Å². The van der Waals surface area contributed by atoms with E-state index in [1.54, 1.807) is 45.2 Å². The van der Waals surface area contributed by atoms with Crippen LogP contribution in [0.15, 0.2) is 49.3 Å². The molecule has 1 saturated heterocycles. The van der Waals surface area contributed by atoms with Crippen molar-refractivity contribution in [2.45, 2.75) is 75.4 Å². The number of pyridine rings is 1. The summed E-state index contributed by atoms with van der Waals surface area (Å²) in [6.07, 6.45) is 4.05. The van der Waals surface area contributed by atoms with E-state index in [-0.39, 0.29) is 25.4 Å². The van der Waals surface area contributed by atoms with Gasteiger partial charge >= 0.3 is 12.1 Å².